The van der Waals surface area contributed by atoms with Gasteiger partial charge < -0.3 is 14.2 Å². The fourth-order valence-corrected chi connectivity index (χ4v) is 7.58. The van der Waals surface area contributed by atoms with E-state index >= 15 is 0 Å². The molecule has 6 nitrogen and oxygen atoms in total. The number of rotatable bonds is 48. The molecule has 0 aromatic heterocycles. The third kappa shape index (κ3) is 48.4. The molecule has 0 amide bonds. The molecule has 0 fully saturated rings. The minimum absolute atomic E-state index is 0.0907. The van der Waals surface area contributed by atoms with Gasteiger partial charge in [-0.05, 0) is 70.6 Å². The Kier molecular flexibility index (Phi) is 48.8. The third-order valence-electron chi connectivity index (χ3n) is 11.6. The van der Waals surface area contributed by atoms with E-state index < -0.39 is 6.10 Å². The zero-order chi connectivity index (χ0) is 45.1. The number of ether oxygens (including phenoxy) is 3. The molecule has 0 rings (SSSR count). The van der Waals surface area contributed by atoms with Gasteiger partial charge in [0.2, 0.25) is 0 Å². The lowest BCUT2D eigenvalue weighted by Crippen LogP contribution is -2.30. The van der Waals surface area contributed by atoms with Crippen molar-refractivity contribution in [2.45, 2.75) is 277 Å². The molecular formula is C56H100O6. The van der Waals surface area contributed by atoms with Crippen molar-refractivity contribution < 1.29 is 28.6 Å². The van der Waals surface area contributed by atoms with Crippen molar-refractivity contribution in [1.29, 1.82) is 0 Å². The molecule has 0 saturated heterocycles. The van der Waals surface area contributed by atoms with Gasteiger partial charge in [-0.25, -0.2) is 0 Å². The highest BCUT2D eigenvalue weighted by Gasteiger charge is 2.19. The van der Waals surface area contributed by atoms with Gasteiger partial charge in [-0.15, -0.1) is 0 Å². The van der Waals surface area contributed by atoms with Crippen LogP contribution in [0.4, 0.5) is 0 Å². The van der Waals surface area contributed by atoms with Crippen LogP contribution in [0.15, 0.2) is 48.6 Å². The predicted molar refractivity (Wildman–Crippen MR) is 265 cm³/mol. The van der Waals surface area contributed by atoms with Crippen molar-refractivity contribution in [2.24, 2.45) is 0 Å². The molecule has 0 heterocycles. The highest BCUT2D eigenvalue weighted by atomic mass is 16.6. The first-order valence-corrected chi connectivity index (χ1v) is 26.6. The molecule has 0 spiro atoms. The molecule has 1 unspecified atom stereocenters. The molecule has 0 saturated carbocycles. The van der Waals surface area contributed by atoms with Crippen LogP contribution in [-0.2, 0) is 28.6 Å². The SMILES string of the molecule is CC/C=C\C/C=C\C/C=C\CCCC(=O)OCC(COC(=O)CCCCCCC/C=C\CCCCCCCCCCC)OC(=O)CCCCCCCCCCCCCCCCC. The number of hydrogen-bond donors (Lipinski definition) is 0. The third-order valence-corrected chi connectivity index (χ3v) is 11.6. The summed E-state index contributed by atoms with van der Waals surface area (Å²) >= 11 is 0. The number of carbonyl (C=O) groups excluding carboxylic acids is 3. The number of allylic oxidation sites excluding steroid dienone is 8. The van der Waals surface area contributed by atoms with Crippen LogP contribution in [0.2, 0.25) is 0 Å². The van der Waals surface area contributed by atoms with E-state index in [9.17, 15) is 14.4 Å². The highest BCUT2D eigenvalue weighted by Crippen LogP contribution is 2.16. The molecule has 0 aromatic carbocycles. The van der Waals surface area contributed by atoms with Gasteiger partial charge in [0.05, 0.1) is 0 Å². The maximum atomic E-state index is 12.8. The van der Waals surface area contributed by atoms with E-state index in [4.69, 9.17) is 14.2 Å². The molecule has 0 aliphatic carbocycles. The van der Waals surface area contributed by atoms with E-state index in [1.54, 1.807) is 0 Å². The molecule has 0 N–H and O–H groups in total. The summed E-state index contributed by atoms with van der Waals surface area (Å²) in [5, 5.41) is 0. The van der Waals surface area contributed by atoms with Gasteiger partial charge in [-0.1, -0.05) is 230 Å². The summed E-state index contributed by atoms with van der Waals surface area (Å²) in [6.45, 7) is 6.49. The summed E-state index contributed by atoms with van der Waals surface area (Å²) in [5.74, 6) is -0.945. The lowest BCUT2D eigenvalue weighted by atomic mass is 10.0. The van der Waals surface area contributed by atoms with Crippen molar-refractivity contribution >= 4 is 17.9 Å². The molecule has 0 aliphatic heterocycles. The Hall–Kier alpha value is -2.63. The summed E-state index contributed by atoms with van der Waals surface area (Å²) in [4.78, 5) is 37.9. The number of unbranched alkanes of at least 4 members (excludes halogenated alkanes) is 29. The van der Waals surface area contributed by atoms with Crippen molar-refractivity contribution in [1.82, 2.24) is 0 Å². The van der Waals surface area contributed by atoms with Gasteiger partial charge in [0.1, 0.15) is 13.2 Å². The van der Waals surface area contributed by atoms with E-state index in [0.29, 0.717) is 19.3 Å². The van der Waals surface area contributed by atoms with Crippen molar-refractivity contribution in [2.75, 3.05) is 13.2 Å². The second-order valence-electron chi connectivity index (χ2n) is 17.8. The smallest absolute Gasteiger partial charge is 0.306 e. The quantitative estimate of drug-likeness (QED) is 0.0262. The fourth-order valence-electron chi connectivity index (χ4n) is 7.58. The van der Waals surface area contributed by atoms with Crippen LogP contribution in [0.3, 0.4) is 0 Å². The Labute approximate surface area is 384 Å². The largest absolute Gasteiger partial charge is 0.462 e. The lowest BCUT2D eigenvalue weighted by molar-refractivity contribution is -0.167. The molecular weight excluding hydrogens is 769 g/mol. The van der Waals surface area contributed by atoms with Crippen molar-refractivity contribution in [3.8, 4) is 0 Å². The van der Waals surface area contributed by atoms with Crippen molar-refractivity contribution in [3.63, 3.8) is 0 Å². The first-order valence-electron chi connectivity index (χ1n) is 26.6. The van der Waals surface area contributed by atoms with Gasteiger partial charge in [-0.3, -0.25) is 14.4 Å². The van der Waals surface area contributed by atoms with Crippen LogP contribution < -0.4 is 0 Å². The van der Waals surface area contributed by atoms with Crippen LogP contribution in [0.1, 0.15) is 271 Å². The molecule has 0 bridgehead atoms. The fraction of sp³-hybridized carbons (Fsp3) is 0.804. The number of carbonyl (C=O) groups is 3. The van der Waals surface area contributed by atoms with E-state index in [2.05, 4.69) is 69.4 Å². The van der Waals surface area contributed by atoms with E-state index in [0.717, 1.165) is 70.6 Å². The average molecular weight is 869 g/mol. The van der Waals surface area contributed by atoms with E-state index in [1.807, 2.05) is 0 Å². The normalized spacial score (nSPS) is 12.4. The average Bonchev–Trinajstić information content (AvgIpc) is 3.27. The topological polar surface area (TPSA) is 78.9 Å². The second-order valence-corrected chi connectivity index (χ2v) is 17.8. The maximum absolute atomic E-state index is 12.8. The van der Waals surface area contributed by atoms with Gasteiger partial charge in [0, 0.05) is 19.3 Å². The molecule has 62 heavy (non-hydrogen) atoms. The molecule has 360 valence electrons. The number of esters is 3. The van der Waals surface area contributed by atoms with Gasteiger partial charge >= 0.3 is 17.9 Å². The van der Waals surface area contributed by atoms with Crippen LogP contribution in [0.5, 0.6) is 0 Å². The molecule has 0 radical (unpaired) electrons. The molecule has 0 aliphatic rings. The highest BCUT2D eigenvalue weighted by molar-refractivity contribution is 5.71. The lowest BCUT2D eigenvalue weighted by Gasteiger charge is -2.18. The minimum atomic E-state index is -0.793. The van der Waals surface area contributed by atoms with Gasteiger partial charge in [-0.2, -0.15) is 0 Å². The summed E-state index contributed by atoms with van der Waals surface area (Å²) in [7, 11) is 0. The molecule has 0 aromatic rings. The zero-order valence-electron chi connectivity index (χ0n) is 41.1. The van der Waals surface area contributed by atoms with E-state index in [1.165, 1.54) is 154 Å². The zero-order valence-corrected chi connectivity index (χ0v) is 41.1. The van der Waals surface area contributed by atoms with Crippen molar-refractivity contribution in [3.05, 3.63) is 48.6 Å². The summed E-state index contributed by atoms with van der Waals surface area (Å²) < 4.78 is 16.7. The second kappa shape index (κ2) is 51.0. The van der Waals surface area contributed by atoms with Crippen LogP contribution in [0, 0.1) is 0 Å². The van der Waals surface area contributed by atoms with Gasteiger partial charge in [0.15, 0.2) is 6.10 Å². The Balaban J connectivity index is 4.36. The van der Waals surface area contributed by atoms with Crippen LogP contribution in [0.25, 0.3) is 0 Å². The van der Waals surface area contributed by atoms with Crippen LogP contribution >= 0.6 is 0 Å². The molecule has 6 heteroatoms. The molecule has 1 atom stereocenters. The van der Waals surface area contributed by atoms with Crippen LogP contribution in [-0.4, -0.2) is 37.2 Å². The van der Waals surface area contributed by atoms with E-state index in [-0.39, 0.29) is 37.5 Å². The van der Waals surface area contributed by atoms with Gasteiger partial charge in [0.25, 0.3) is 0 Å². The standard InChI is InChI=1S/C56H100O6/c1-4-7-10-13-16-19-22-24-26-27-28-30-31-34-37-40-43-46-49-55(58)61-52-53(51-60-54(57)48-45-42-39-36-33-21-18-15-12-9-6-3)62-56(59)50-47-44-41-38-35-32-29-25-23-20-17-14-11-8-5-2/h9,12,18,21,28,30,36,39,53H,4-8,10-11,13-17,19-20,22-27,29,31-35,37-38,40-52H2,1-3H3/b12-9-,21-18-,30-28-,39-36-. The minimum Gasteiger partial charge on any atom is -0.462 e. The Bertz CT molecular complexity index is 1090. The number of hydrogen-bond acceptors (Lipinski definition) is 6. The first kappa shape index (κ1) is 59.4. The summed E-state index contributed by atoms with van der Waals surface area (Å²) in [6.07, 6.45) is 61.1. The predicted octanol–water partition coefficient (Wildman–Crippen LogP) is 17.5. The Morgan fingerprint density at radius 2 is 0.645 bits per heavy atom. The summed E-state index contributed by atoms with van der Waals surface area (Å²) in [6, 6.07) is 0. The Morgan fingerprint density at radius 3 is 1.06 bits per heavy atom. The maximum Gasteiger partial charge on any atom is 0.306 e. The Morgan fingerprint density at radius 1 is 0.339 bits per heavy atom. The monoisotopic (exact) mass is 869 g/mol. The first-order chi connectivity index (χ1) is 30.5. The summed E-state index contributed by atoms with van der Waals surface area (Å²) in [5.41, 5.74) is 0.